The number of carboxylic acid groups (broad SMARTS) is 1. The number of nitrogens with one attached hydrogen (secondary N) is 2. The summed E-state index contributed by atoms with van der Waals surface area (Å²) in [6, 6.07) is 8.67. The molecule has 0 unspecified atom stereocenters. The van der Waals surface area contributed by atoms with Crippen LogP contribution >= 0.6 is 11.6 Å². The molecular weight excluding hydrogens is 510 g/mol. The van der Waals surface area contributed by atoms with Crippen molar-refractivity contribution in [2.75, 3.05) is 6.54 Å². The van der Waals surface area contributed by atoms with Crippen LogP contribution in [0.3, 0.4) is 0 Å². The Labute approximate surface area is 213 Å². The zero-order valence-corrected chi connectivity index (χ0v) is 21.2. The van der Waals surface area contributed by atoms with Gasteiger partial charge in [-0.05, 0) is 67.3 Å². The molecule has 1 heterocycles. The van der Waals surface area contributed by atoms with E-state index in [9.17, 15) is 32.7 Å². The molecule has 12 heteroatoms. The molecule has 10 nitrogen and oxygen atoms in total. The molecule has 0 bridgehead atoms. The van der Waals surface area contributed by atoms with Gasteiger partial charge in [-0.3, -0.25) is 14.4 Å². The molecule has 3 N–H and O–H groups in total. The summed E-state index contributed by atoms with van der Waals surface area (Å²) in [5.41, 5.74) is 0.142. The van der Waals surface area contributed by atoms with E-state index in [0.717, 1.165) is 0 Å². The number of nitrogens with zero attached hydrogens (tertiary/aromatic N) is 1. The van der Waals surface area contributed by atoms with Crippen molar-refractivity contribution in [3.8, 4) is 0 Å². The molecule has 0 radical (unpaired) electrons. The van der Waals surface area contributed by atoms with Gasteiger partial charge in [0.1, 0.15) is 12.1 Å². The van der Waals surface area contributed by atoms with Gasteiger partial charge in [-0.15, -0.1) is 0 Å². The van der Waals surface area contributed by atoms with E-state index in [2.05, 4.69) is 5.32 Å². The molecule has 0 aliphatic carbocycles. The number of carbonyl (C=O) groups excluding carboxylic acids is 3. The Kier molecular flexibility index (Phi) is 8.36. The van der Waals surface area contributed by atoms with E-state index >= 15 is 0 Å². The molecule has 36 heavy (non-hydrogen) atoms. The van der Waals surface area contributed by atoms with Crippen LogP contribution in [0, 0.1) is 5.92 Å². The molecule has 1 fully saturated rings. The number of hydrogen-bond acceptors (Lipinski definition) is 6. The first-order chi connectivity index (χ1) is 16.9. The van der Waals surface area contributed by atoms with Crippen molar-refractivity contribution in [1.82, 2.24) is 14.9 Å². The Morgan fingerprint density at radius 3 is 2.06 bits per heavy atom. The third-order valence-electron chi connectivity index (χ3n) is 5.80. The molecule has 0 saturated carbocycles. The Morgan fingerprint density at radius 2 is 1.53 bits per heavy atom. The first-order valence-electron chi connectivity index (χ1n) is 11.2. The predicted molar refractivity (Wildman–Crippen MR) is 131 cm³/mol. The van der Waals surface area contributed by atoms with Crippen molar-refractivity contribution in [3.05, 3.63) is 64.7 Å². The van der Waals surface area contributed by atoms with Crippen LogP contribution in [0.25, 0.3) is 0 Å². The summed E-state index contributed by atoms with van der Waals surface area (Å²) in [5, 5.41) is 12.4. The Balaban J connectivity index is 1.69. The topological polar surface area (TPSA) is 150 Å². The third-order valence-corrected chi connectivity index (χ3v) is 7.40. The summed E-state index contributed by atoms with van der Waals surface area (Å²) < 4.78 is 26.8. The Morgan fingerprint density at radius 1 is 0.972 bits per heavy atom. The lowest BCUT2D eigenvalue weighted by molar-refractivity contribution is -0.149. The zero-order valence-electron chi connectivity index (χ0n) is 19.6. The fourth-order valence-corrected chi connectivity index (χ4v) is 4.93. The van der Waals surface area contributed by atoms with Crippen LogP contribution in [-0.4, -0.2) is 60.7 Å². The number of sulfonamides is 1. The minimum Gasteiger partial charge on any atom is -0.480 e. The van der Waals surface area contributed by atoms with E-state index < -0.39 is 45.8 Å². The predicted octanol–water partition coefficient (Wildman–Crippen LogP) is 2.29. The van der Waals surface area contributed by atoms with Crippen molar-refractivity contribution >= 4 is 45.3 Å². The minimum absolute atomic E-state index is 0.00180. The van der Waals surface area contributed by atoms with Gasteiger partial charge in [0.05, 0.1) is 4.90 Å². The maximum atomic E-state index is 13.0. The maximum Gasteiger partial charge on any atom is 0.326 e. The summed E-state index contributed by atoms with van der Waals surface area (Å²) >= 11 is 5.76. The first-order valence-corrected chi connectivity index (χ1v) is 13.0. The zero-order chi connectivity index (χ0) is 26.6. The van der Waals surface area contributed by atoms with Crippen LogP contribution in [0.1, 0.15) is 47.4 Å². The highest BCUT2D eigenvalue weighted by molar-refractivity contribution is 7.90. The van der Waals surface area contributed by atoms with Crippen molar-refractivity contribution in [2.24, 2.45) is 5.92 Å². The van der Waals surface area contributed by atoms with Gasteiger partial charge in [0.2, 0.25) is 5.91 Å². The van der Waals surface area contributed by atoms with Gasteiger partial charge in [0, 0.05) is 22.7 Å². The van der Waals surface area contributed by atoms with E-state index in [0.29, 0.717) is 24.4 Å². The lowest BCUT2D eigenvalue weighted by atomic mass is 10.0. The first kappa shape index (κ1) is 27.2. The summed E-state index contributed by atoms with van der Waals surface area (Å²) in [5.74, 6) is -3.33. The standard InChI is InChI=1S/C24H26ClN3O7S/c1-14(2)20(23(31)28-13-3-4-19(28)24(32)33)26-21(29)15-5-7-16(8-6-15)22(30)27-36(34,35)18-11-9-17(25)10-12-18/h5-12,14,19-20H,3-4,13H2,1-2H3,(H,26,29)(H,27,30)(H,32,33)/t19-,20-/m0/s1. The highest BCUT2D eigenvalue weighted by Gasteiger charge is 2.38. The van der Waals surface area contributed by atoms with Crippen molar-refractivity contribution in [1.29, 1.82) is 0 Å². The molecule has 3 amide bonds. The average molecular weight is 536 g/mol. The highest BCUT2D eigenvalue weighted by atomic mass is 35.5. The van der Waals surface area contributed by atoms with E-state index in [1.54, 1.807) is 13.8 Å². The minimum atomic E-state index is -4.13. The molecule has 3 rings (SSSR count). The van der Waals surface area contributed by atoms with Gasteiger partial charge in [-0.1, -0.05) is 25.4 Å². The van der Waals surface area contributed by atoms with Gasteiger partial charge in [0.15, 0.2) is 0 Å². The molecule has 0 aromatic heterocycles. The summed E-state index contributed by atoms with van der Waals surface area (Å²) in [7, 11) is -4.13. The second-order valence-electron chi connectivity index (χ2n) is 8.69. The molecule has 0 spiro atoms. The number of halogens is 1. The van der Waals surface area contributed by atoms with Crippen molar-refractivity contribution < 1.29 is 32.7 Å². The van der Waals surface area contributed by atoms with Gasteiger partial charge in [-0.2, -0.15) is 0 Å². The van der Waals surface area contributed by atoms with E-state index in [1.807, 2.05) is 4.72 Å². The molecule has 1 saturated heterocycles. The van der Waals surface area contributed by atoms with E-state index in [4.69, 9.17) is 11.6 Å². The van der Waals surface area contributed by atoms with Gasteiger partial charge >= 0.3 is 5.97 Å². The quantitative estimate of drug-likeness (QED) is 0.469. The summed E-state index contributed by atoms with van der Waals surface area (Å²) in [6.07, 6.45) is 0.926. The molecule has 192 valence electrons. The molecule has 2 aromatic carbocycles. The number of likely N-dealkylation sites (tertiary alicyclic amines) is 1. The Bertz CT molecular complexity index is 1260. The van der Waals surface area contributed by atoms with Crippen molar-refractivity contribution in [2.45, 2.75) is 43.7 Å². The number of rotatable bonds is 8. The summed E-state index contributed by atoms with van der Waals surface area (Å²) in [6.45, 7) is 3.78. The maximum absolute atomic E-state index is 13.0. The smallest absolute Gasteiger partial charge is 0.326 e. The molecule has 1 aliphatic rings. The fourth-order valence-electron chi connectivity index (χ4n) is 3.83. The Hall–Kier alpha value is -3.44. The number of carboxylic acids is 1. The van der Waals surface area contributed by atoms with Crippen LogP contribution in [0.5, 0.6) is 0 Å². The van der Waals surface area contributed by atoms with Crippen LogP contribution in [0.4, 0.5) is 0 Å². The molecule has 1 aliphatic heterocycles. The molecular formula is C24H26ClN3O7S. The van der Waals surface area contributed by atoms with Gasteiger partial charge in [-0.25, -0.2) is 17.9 Å². The monoisotopic (exact) mass is 535 g/mol. The molecule has 2 aromatic rings. The summed E-state index contributed by atoms with van der Waals surface area (Å²) in [4.78, 5) is 50.9. The normalized spacial score (nSPS) is 16.4. The number of carbonyl (C=O) groups is 4. The van der Waals surface area contributed by atoms with Crippen molar-refractivity contribution in [3.63, 3.8) is 0 Å². The third kappa shape index (κ3) is 6.21. The second-order valence-corrected chi connectivity index (χ2v) is 10.8. The second kappa shape index (κ2) is 11.1. The average Bonchev–Trinajstić information content (AvgIpc) is 3.32. The van der Waals surface area contributed by atoms with E-state index in [-0.39, 0.29) is 21.9 Å². The SMILES string of the molecule is CC(C)[C@H](NC(=O)c1ccc(C(=O)NS(=O)(=O)c2ccc(Cl)cc2)cc1)C(=O)N1CCC[C@H]1C(=O)O. The largest absolute Gasteiger partial charge is 0.480 e. The lowest BCUT2D eigenvalue weighted by Crippen LogP contribution is -2.53. The number of aliphatic carboxylic acids is 1. The molecule has 2 atom stereocenters. The van der Waals surface area contributed by atoms with Gasteiger partial charge < -0.3 is 15.3 Å². The number of hydrogen-bond donors (Lipinski definition) is 3. The highest BCUT2D eigenvalue weighted by Crippen LogP contribution is 2.21. The van der Waals surface area contributed by atoms with Crippen LogP contribution in [0.15, 0.2) is 53.4 Å². The van der Waals surface area contributed by atoms with Crippen LogP contribution in [-0.2, 0) is 19.6 Å². The number of amides is 3. The lowest BCUT2D eigenvalue weighted by Gasteiger charge is -2.29. The van der Waals surface area contributed by atoms with Crippen LogP contribution < -0.4 is 10.0 Å². The fraction of sp³-hybridized carbons (Fsp3) is 0.333. The van der Waals surface area contributed by atoms with Crippen LogP contribution in [0.2, 0.25) is 5.02 Å². The van der Waals surface area contributed by atoms with E-state index in [1.165, 1.54) is 53.4 Å². The van der Waals surface area contributed by atoms with Gasteiger partial charge in [0.25, 0.3) is 21.8 Å². The number of benzene rings is 2.